The minimum absolute atomic E-state index is 0.175. The number of aliphatic hydroxyl groups is 5. The smallest absolute Gasteiger partial charge is 0.187 e. The van der Waals surface area contributed by atoms with E-state index in [1.165, 1.54) is 0 Å². The molecule has 2 rings (SSSR count). The number of hydrogen-bond acceptors (Lipinski definition) is 8. The maximum atomic E-state index is 12.3. The molecule has 8 nitrogen and oxygen atoms in total. The largest absolute Gasteiger partial charge is 0.388 e. The van der Waals surface area contributed by atoms with Gasteiger partial charge < -0.3 is 35.0 Å². The lowest BCUT2D eigenvalue weighted by Gasteiger charge is -2.40. The molecule has 6 atom stereocenters. The van der Waals surface area contributed by atoms with Crippen molar-refractivity contribution >= 4 is 5.78 Å². The lowest BCUT2D eigenvalue weighted by atomic mass is 9.71. The first-order chi connectivity index (χ1) is 24.7. The highest BCUT2D eigenvalue weighted by Crippen LogP contribution is 2.39. The fraction of sp³-hybridized carbons (Fsp3) is 0.444. The molecule has 0 saturated carbocycles. The van der Waals surface area contributed by atoms with Gasteiger partial charge in [-0.3, -0.25) is 4.79 Å². The number of hydrogen-bond donors (Lipinski definition) is 5. The van der Waals surface area contributed by atoms with Crippen LogP contribution in [0, 0.1) is 5.41 Å². The van der Waals surface area contributed by atoms with Crippen LogP contribution in [0.4, 0.5) is 0 Å². The highest BCUT2D eigenvalue weighted by atomic mass is 16.7. The fourth-order valence-electron chi connectivity index (χ4n) is 5.62. The molecular formula is C45H62O8. The number of ether oxygens (including phenoxy) is 2. The molecule has 0 radical (unpaired) electrons. The van der Waals surface area contributed by atoms with E-state index in [1.807, 2.05) is 126 Å². The summed E-state index contributed by atoms with van der Waals surface area (Å²) in [7, 11) is 0. The Balaban J connectivity index is 1.86. The summed E-state index contributed by atoms with van der Waals surface area (Å²) in [5.74, 6) is -0.183. The van der Waals surface area contributed by atoms with E-state index in [1.54, 1.807) is 32.9 Å². The first-order valence-electron chi connectivity index (χ1n) is 18.1. The van der Waals surface area contributed by atoms with Gasteiger partial charge in [-0.05, 0) is 78.4 Å². The molecule has 0 aromatic heterocycles. The SMILES string of the molecule is CC1=C(/C=C/C(C)=C/C=C/C(C)=C/C=C/C=C(C)/C=C/C=C(C)/C=C/C=C(C)/C=C/C(O)C(C)(C)O[C@@H]2OC[C@@H](O)[C@H](O)[C@H]2O)C(C)(C)CC(O)C1=O. The predicted molar refractivity (Wildman–Crippen MR) is 215 cm³/mol. The monoisotopic (exact) mass is 730 g/mol. The Hall–Kier alpha value is -3.73. The lowest BCUT2D eigenvalue weighted by Crippen LogP contribution is -2.56. The summed E-state index contributed by atoms with van der Waals surface area (Å²) in [6.45, 7) is 19.1. The van der Waals surface area contributed by atoms with Crippen molar-refractivity contribution in [1.29, 1.82) is 0 Å². The van der Waals surface area contributed by atoms with Gasteiger partial charge in [0.1, 0.15) is 30.5 Å². The van der Waals surface area contributed by atoms with Crippen LogP contribution in [-0.2, 0) is 14.3 Å². The average Bonchev–Trinajstić information content (AvgIpc) is 3.08. The van der Waals surface area contributed by atoms with Gasteiger partial charge >= 0.3 is 0 Å². The number of Topliss-reactive ketones (excluding diaryl/α,β-unsaturated/α-hetero) is 1. The molecule has 0 bridgehead atoms. The van der Waals surface area contributed by atoms with Crippen LogP contribution in [0.3, 0.4) is 0 Å². The molecule has 1 heterocycles. The zero-order valence-electron chi connectivity index (χ0n) is 33.2. The molecule has 290 valence electrons. The summed E-state index contributed by atoms with van der Waals surface area (Å²) in [5.41, 5.74) is 5.48. The van der Waals surface area contributed by atoms with Gasteiger partial charge in [0.15, 0.2) is 12.1 Å². The normalized spacial score (nSPS) is 27.0. The zero-order chi connectivity index (χ0) is 39.9. The summed E-state index contributed by atoms with van der Waals surface area (Å²) >= 11 is 0. The second kappa shape index (κ2) is 21.2. The van der Waals surface area contributed by atoms with Crippen molar-refractivity contribution in [2.24, 2.45) is 5.41 Å². The summed E-state index contributed by atoms with van der Waals surface area (Å²) in [5, 5.41) is 50.4. The van der Waals surface area contributed by atoms with E-state index in [4.69, 9.17) is 9.47 Å². The van der Waals surface area contributed by atoms with E-state index >= 15 is 0 Å². The van der Waals surface area contributed by atoms with Crippen molar-refractivity contribution in [2.75, 3.05) is 6.61 Å². The van der Waals surface area contributed by atoms with Crippen LogP contribution in [-0.4, -0.2) is 80.3 Å². The Labute approximate surface area is 317 Å². The molecule has 0 amide bonds. The Kier molecular flexibility index (Phi) is 18.2. The van der Waals surface area contributed by atoms with Gasteiger partial charge in [-0.2, -0.15) is 0 Å². The quantitative estimate of drug-likeness (QED) is 0.111. The minimum Gasteiger partial charge on any atom is -0.388 e. The van der Waals surface area contributed by atoms with Gasteiger partial charge in [0.2, 0.25) is 0 Å². The summed E-state index contributed by atoms with van der Waals surface area (Å²) in [6, 6.07) is 0. The van der Waals surface area contributed by atoms with Crippen molar-refractivity contribution in [3.8, 4) is 0 Å². The van der Waals surface area contributed by atoms with Crippen LogP contribution in [0.25, 0.3) is 0 Å². The molecule has 8 heteroatoms. The Morgan fingerprint density at radius 1 is 0.755 bits per heavy atom. The van der Waals surface area contributed by atoms with Crippen molar-refractivity contribution < 1.29 is 39.8 Å². The van der Waals surface area contributed by atoms with Crippen LogP contribution in [0.2, 0.25) is 0 Å². The van der Waals surface area contributed by atoms with Gasteiger partial charge in [0, 0.05) is 0 Å². The van der Waals surface area contributed by atoms with Gasteiger partial charge in [0.05, 0.1) is 12.2 Å². The lowest BCUT2D eigenvalue weighted by molar-refractivity contribution is -0.304. The second-order valence-corrected chi connectivity index (χ2v) is 15.1. The molecule has 0 aromatic carbocycles. The number of allylic oxidation sites excluding steroid dienone is 22. The molecule has 1 aliphatic heterocycles. The molecule has 5 N–H and O–H groups in total. The number of ketones is 1. The number of aliphatic hydroxyl groups excluding tert-OH is 5. The summed E-state index contributed by atoms with van der Waals surface area (Å²) in [6.07, 6.45) is 26.8. The maximum Gasteiger partial charge on any atom is 0.187 e. The standard InChI is InChI=1S/C45H62O8/c1-30(16-11-12-17-31(2)19-14-22-33(4)24-26-36-35(6)40(49)37(46)28-44(36,7)8)18-13-20-32(3)21-15-23-34(5)25-27-39(48)45(9,10)53-43-42(51)41(50)38(47)29-52-43/h11-27,37-39,41-43,46-48,50-51H,28-29H2,1-10H3/b12-11+,18-13+,19-14+,21-15+,26-24+,27-25+,30-16+,31-17+,32-20+,33-22+,34-23+/t37?,38-,39?,41+,42-,43+/m1/s1. The topological polar surface area (TPSA) is 137 Å². The van der Waals surface area contributed by atoms with Gasteiger partial charge in [-0.1, -0.05) is 145 Å². The third-order valence-electron chi connectivity index (χ3n) is 9.13. The van der Waals surface area contributed by atoms with Crippen molar-refractivity contribution in [3.05, 3.63) is 142 Å². The highest BCUT2D eigenvalue weighted by Gasteiger charge is 2.42. The van der Waals surface area contributed by atoms with Crippen molar-refractivity contribution in [2.45, 2.75) is 118 Å². The first-order valence-corrected chi connectivity index (χ1v) is 18.1. The Morgan fingerprint density at radius 3 is 1.72 bits per heavy atom. The maximum absolute atomic E-state index is 12.3. The molecule has 1 saturated heterocycles. The third-order valence-corrected chi connectivity index (χ3v) is 9.13. The van der Waals surface area contributed by atoms with Crippen LogP contribution in [0.5, 0.6) is 0 Å². The molecule has 2 unspecified atom stereocenters. The molecule has 0 aromatic rings. The highest BCUT2D eigenvalue weighted by molar-refractivity contribution is 6.00. The molecule has 1 aliphatic carbocycles. The number of carbonyl (C=O) groups is 1. The number of rotatable bonds is 15. The number of carbonyl (C=O) groups excluding carboxylic acids is 1. The first kappa shape index (κ1) is 45.4. The van der Waals surface area contributed by atoms with E-state index in [0.717, 1.165) is 33.4 Å². The van der Waals surface area contributed by atoms with Crippen LogP contribution >= 0.6 is 0 Å². The summed E-state index contributed by atoms with van der Waals surface area (Å²) < 4.78 is 11.0. The molecular weight excluding hydrogens is 668 g/mol. The molecule has 2 aliphatic rings. The van der Waals surface area contributed by atoms with Gasteiger partial charge in [0.25, 0.3) is 0 Å². The molecule has 53 heavy (non-hydrogen) atoms. The Bertz CT molecular complexity index is 1630. The average molecular weight is 731 g/mol. The fourth-order valence-corrected chi connectivity index (χ4v) is 5.62. The van der Waals surface area contributed by atoms with E-state index < -0.39 is 42.4 Å². The van der Waals surface area contributed by atoms with Crippen molar-refractivity contribution in [1.82, 2.24) is 0 Å². The van der Waals surface area contributed by atoms with Crippen molar-refractivity contribution in [3.63, 3.8) is 0 Å². The van der Waals surface area contributed by atoms with Gasteiger partial charge in [-0.15, -0.1) is 0 Å². The third kappa shape index (κ3) is 15.3. The van der Waals surface area contributed by atoms with Crippen LogP contribution < -0.4 is 0 Å². The summed E-state index contributed by atoms with van der Waals surface area (Å²) in [4.78, 5) is 12.3. The van der Waals surface area contributed by atoms with Crippen LogP contribution in [0.15, 0.2) is 142 Å². The minimum atomic E-state index is -1.43. The van der Waals surface area contributed by atoms with E-state index in [-0.39, 0.29) is 17.8 Å². The van der Waals surface area contributed by atoms with E-state index in [0.29, 0.717) is 12.0 Å². The predicted octanol–water partition coefficient (Wildman–Crippen LogP) is 7.33. The molecule has 1 fully saturated rings. The van der Waals surface area contributed by atoms with E-state index in [2.05, 4.69) is 13.8 Å². The molecule has 0 spiro atoms. The van der Waals surface area contributed by atoms with E-state index in [9.17, 15) is 30.3 Å². The zero-order valence-corrected chi connectivity index (χ0v) is 33.2. The van der Waals surface area contributed by atoms with Crippen LogP contribution in [0.1, 0.15) is 75.7 Å². The second-order valence-electron chi connectivity index (χ2n) is 15.1. The Morgan fingerprint density at radius 2 is 1.21 bits per heavy atom. The van der Waals surface area contributed by atoms with Gasteiger partial charge in [-0.25, -0.2) is 0 Å².